The molecule has 1 aromatic carbocycles. The Kier molecular flexibility index (Phi) is 2.57. The number of halogens is 1. The monoisotopic (exact) mass is 238 g/mol. The van der Waals surface area contributed by atoms with Crippen LogP contribution in [-0.2, 0) is 0 Å². The molecule has 2 aromatic rings. The molecule has 0 radical (unpaired) electrons. The maximum atomic E-state index is 13.5. The van der Waals surface area contributed by atoms with Gasteiger partial charge in [0.05, 0.1) is 0 Å². The van der Waals surface area contributed by atoms with Crippen LogP contribution in [0.15, 0.2) is 24.3 Å². The fraction of sp³-hybridized carbons (Fsp3) is 0. The lowest BCUT2D eigenvalue weighted by Gasteiger charge is -1.99. The van der Waals surface area contributed by atoms with Crippen LogP contribution in [0.2, 0.25) is 0 Å². The smallest absolute Gasteiger partial charge is 0.348 e. The molecule has 3 N–H and O–H groups in total. The number of hydrogen-bond acceptors (Lipinski definition) is 4. The summed E-state index contributed by atoms with van der Waals surface area (Å²) in [5, 5.41) is 9.03. The summed E-state index contributed by atoms with van der Waals surface area (Å²) in [5.74, 6) is -1.68. The number of nitrogens with zero attached hydrogens (tertiary/aromatic N) is 1. The van der Waals surface area contributed by atoms with Crippen molar-refractivity contribution in [1.82, 2.24) is 4.98 Å². The maximum Gasteiger partial charge on any atom is 0.348 e. The molecule has 0 saturated heterocycles. The van der Waals surface area contributed by atoms with Gasteiger partial charge >= 0.3 is 5.97 Å². The number of anilines is 1. The molecule has 82 valence electrons. The molecule has 0 bridgehead atoms. The van der Waals surface area contributed by atoms with Crippen molar-refractivity contribution in [1.29, 1.82) is 0 Å². The van der Waals surface area contributed by atoms with Crippen molar-refractivity contribution in [2.45, 2.75) is 0 Å². The first kappa shape index (κ1) is 10.6. The molecule has 0 aliphatic rings. The standard InChI is InChI=1S/C10H7FN2O2S/c11-6-4-2-1-3-5(6)7-8(9(14)15)16-10(12)13-7/h1-4H,(H2,12,13)(H,14,15). The van der Waals surface area contributed by atoms with Gasteiger partial charge in [-0.25, -0.2) is 14.2 Å². The Labute approximate surface area is 94.2 Å². The highest BCUT2D eigenvalue weighted by molar-refractivity contribution is 7.17. The van der Waals surface area contributed by atoms with Gasteiger partial charge in [0, 0.05) is 5.56 Å². The fourth-order valence-electron chi connectivity index (χ4n) is 1.32. The minimum absolute atomic E-state index is 0.0531. The summed E-state index contributed by atoms with van der Waals surface area (Å²) in [6.45, 7) is 0. The van der Waals surface area contributed by atoms with E-state index >= 15 is 0 Å². The minimum Gasteiger partial charge on any atom is -0.477 e. The molecule has 0 aliphatic heterocycles. The molecule has 0 atom stereocenters. The maximum absolute atomic E-state index is 13.5. The number of nitrogen functional groups attached to an aromatic ring is 1. The van der Waals surface area contributed by atoms with E-state index in [2.05, 4.69) is 4.98 Å². The summed E-state index contributed by atoms with van der Waals surface area (Å²) in [7, 11) is 0. The second-order valence-electron chi connectivity index (χ2n) is 3.01. The summed E-state index contributed by atoms with van der Waals surface area (Å²) in [6, 6.07) is 5.85. The van der Waals surface area contributed by atoms with Gasteiger partial charge in [-0.05, 0) is 12.1 Å². The number of aromatic nitrogens is 1. The first-order valence-electron chi connectivity index (χ1n) is 4.34. The molecule has 6 heteroatoms. The molecule has 0 aliphatic carbocycles. The van der Waals surface area contributed by atoms with E-state index < -0.39 is 11.8 Å². The number of aromatic carboxylic acids is 1. The summed E-state index contributed by atoms with van der Waals surface area (Å²) in [5.41, 5.74) is 5.65. The molecule has 1 aromatic heterocycles. The molecule has 0 fully saturated rings. The molecule has 16 heavy (non-hydrogen) atoms. The van der Waals surface area contributed by atoms with Crippen molar-refractivity contribution in [3.05, 3.63) is 35.0 Å². The molecular weight excluding hydrogens is 231 g/mol. The predicted octanol–water partition coefficient (Wildman–Crippen LogP) is 2.23. The Hall–Kier alpha value is -1.95. The number of hydrogen-bond donors (Lipinski definition) is 2. The number of benzene rings is 1. The Morgan fingerprint density at radius 3 is 2.75 bits per heavy atom. The van der Waals surface area contributed by atoms with E-state index in [4.69, 9.17) is 10.8 Å². The largest absolute Gasteiger partial charge is 0.477 e. The van der Waals surface area contributed by atoms with Crippen LogP contribution in [0.1, 0.15) is 9.67 Å². The van der Waals surface area contributed by atoms with E-state index in [0.717, 1.165) is 11.3 Å². The van der Waals surface area contributed by atoms with E-state index in [1.165, 1.54) is 18.2 Å². The SMILES string of the molecule is Nc1nc(-c2ccccc2F)c(C(=O)O)s1. The molecule has 1 heterocycles. The van der Waals surface area contributed by atoms with Gasteiger partial charge in [-0.1, -0.05) is 23.5 Å². The molecule has 0 spiro atoms. The van der Waals surface area contributed by atoms with Gasteiger partial charge in [0.25, 0.3) is 0 Å². The van der Waals surface area contributed by atoms with Crippen LogP contribution in [0, 0.1) is 5.82 Å². The van der Waals surface area contributed by atoms with E-state index in [-0.39, 0.29) is 21.3 Å². The lowest BCUT2D eigenvalue weighted by molar-refractivity contribution is 0.0702. The van der Waals surface area contributed by atoms with Gasteiger partial charge in [0.2, 0.25) is 0 Å². The Bertz CT molecular complexity index is 554. The highest BCUT2D eigenvalue weighted by Crippen LogP contribution is 2.30. The van der Waals surface area contributed by atoms with Crippen LogP contribution in [0.3, 0.4) is 0 Å². The Morgan fingerprint density at radius 1 is 1.44 bits per heavy atom. The third kappa shape index (κ3) is 1.74. The van der Waals surface area contributed by atoms with Gasteiger partial charge in [-0.15, -0.1) is 0 Å². The van der Waals surface area contributed by atoms with Crippen LogP contribution in [0.5, 0.6) is 0 Å². The number of carboxylic acids is 1. The number of nitrogens with two attached hydrogens (primary N) is 1. The molecule has 0 unspecified atom stereocenters. The molecular formula is C10H7FN2O2S. The Balaban J connectivity index is 2.64. The zero-order chi connectivity index (χ0) is 11.7. The summed E-state index contributed by atoms with van der Waals surface area (Å²) in [6.07, 6.45) is 0. The van der Waals surface area contributed by atoms with Crippen LogP contribution in [0.25, 0.3) is 11.3 Å². The van der Waals surface area contributed by atoms with E-state index in [0.29, 0.717) is 0 Å². The lowest BCUT2D eigenvalue weighted by atomic mass is 10.1. The van der Waals surface area contributed by atoms with Gasteiger partial charge in [0.15, 0.2) is 5.13 Å². The second kappa shape index (κ2) is 3.90. The van der Waals surface area contributed by atoms with Crippen molar-refractivity contribution >= 4 is 22.4 Å². The number of carboxylic acid groups (broad SMARTS) is 1. The lowest BCUT2D eigenvalue weighted by Crippen LogP contribution is -1.96. The first-order valence-corrected chi connectivity index (χ1v) is 5.15. The van der Waals surface area contributed by atoms with Crippen LogP contribution in [-0.4, -0.2) is 16.1 Å². The quantitative estimate of drug-likeness (QED) is 0.841. The van der Waals surface area contributed by atoms with E-state index in [1.54, 1.807) is 6.07 Å². The summed E-state index contributed by atoms with van der Waals surface area (Å²) < 4.78 is 13.5. The van der Waals surface area contributed by atoms with Crippen LogP contribution in [0.4, 0.5) is 9.52 Å². The molecule has 0 amide bonds. The summed E-state index contributed by atoms with van der Waals surface area (Å²) in [4.78, 5) is 14.7. The minimum atomic E-state index is -1.16. The van der Waals surface area contributed by atoms with Gasteiger partial charge in [0.1, 0.15) is 16.4 Å². The molecule has 0 saturated carbocycles. The topological polar surface area (TPSA) is 76.2 Å². The highest BCUT2D eigenvalue weighted by atomic mass is 32.1. The summed E-state index contributed by atoms with van der Waals surface area (Å²) >= 11 is 0.826. The van der Waals surface area contributed by atoms with Crippen molar-refractivity contribution in [3.8, 4) is 11.3 Å². The normalized spacial score (nSPS) is 10.3. The van der Waals surface area contributed by atoms with Crippen molar-refractivity contribution in [2.75, 3.05) is 5.73 Å². The second-order valence-corrected chi connectivity index (χ2v) is 4.05. The van der Waals surface area contributed by atoms with Gasteiger partial charge in [-0.2, -0.15) is 0 Å². The van der Waals surface area contributed by atoms with Gasteiger partial charge in [-0.3, -0.25) is 0 Å². The number of rotatable bonds is 2. The van der Waals surface area contributed by atoms with E-state index in [1.807, 2.05) is 0 Å². The zero-order valence-corrected chi connectivity index (χ0v) is 8.79. The van der Waals surface area contributed by atoms with Crippen molar-refractivity contribution in [2.24, 2.45) is 0 Å². The van der Waals surface area contributed by atoms with Crippen molar-refractivity contribution in [3.63, 3.8) is 0 Å². The first-order chi connectivity index (χ1) is 7.59. The Morgan fingerprint density at radius 2 is 2.12 bits per heavy atom. The van der Waals surface area contributed by atoms with E-state index in [9.17, 15) is 9.18 Å². The van der Waals surface area contributed by atoms with Crippen molar-refractivity contribution < 1.29 is 14.3 Å². The van der Waals surface area contributed by atoms with Crippen LogP contribution >= 0.6 is 11.3 Å². The third-order valence-corrected chi connectivity index (χ3v) is 2.84. The third-order valence-electron chi connectivity index (χ3n) is 1.97. The van der Waals surface area contributed by atoms with Gasteiger partial charge < -0.3 is 10.8 Å². The molecule has 2 rings (SSSR count). The van der Waals surface area contributed by atoms with Crippen LogP contribution < -0.4 is 5.73 Å². The predicted molar refractivity (Wildman–Crippen MR) is 58.9 cm³/mol. The number of carbonyl (C=O) groups is 1. The molecule has 4 nitrogen and oxygen atoms in total. The highest BCUT2D eigenvalue weighted by Gasteiger charge is 2.19. The average Bonchev–Trinajstić information content (AvgIpc) is 2.61. The zero-order valence-electron chi connectivity index (χ0n) is 7.98. The fourth-order valence-corrected chi connectivity index (χ4v) is 2.00. The average molecular weight is 238 g/mol. The number of thiazole rings is 1.